The van der Waals surface area contributed by atoms with Gasteiger partial charge in [-0.2, -0.15) is 0 Å². The summed E-state index contributed by atoms with van der Waals surface area (Å²) in [4.78, 5) is 19.4. The smallest absolute Gasteiger partial charge is 0.227 e. The molecule has 2 saturated heterocycles. The summed E-state index contributed by atoms with van der Waals surface area (Å²) < 4.78 is 7.90. The van der Waals surface area contributed by atoms with Gasteiger partial charge in [-0.15, -0.1) is 0 Å². The van der Waals surface area contributed by atoms with Gasteiger partial charge in [0.25, 0.3) is 0 Å². The number of aryl methyl sites for hydroxylation is 1. The Bertz CT molecular complexity index is 750. The van der Waals surface area contributed by atoms with Crippen LogP contribution in [-0.4, -0.2) is 46.7 Å². The topological polar surface area (TPSA) is 47.4 Å². The molecule has 1 unspecified atom stereocenters. The van der Waals surface area contributed by atoms with Crippen LogP contribution in [0.4, 0.5) is 0 Å². The Kier molecular flexibility index (Phi) is 5.07. The molecule has 0 bridgehead atoms. The molecule has 2 aromatic rings. The van der Waals surface area contributed by atoms with Crippen molar-refractivity contribution in [2.75, 3.05) is 26.3 Å². The van der Waals surface area contributed by atoms with E-state index in [0.29, 0.717) is 18.4 Å². The number of amides is 1. The van der Waals surface area contributed by atoms with Crippen molar-refractivity contribution in [1.29, 1.82) is 0 Å². The first-order chi connectivity index (χ1) is 12.7. The van der Waals surface area contributed by atoms with Crippen LogP contribution in [0.1, 0.15) is 48.3 Å². The summed E-state index contributed by atoms with van der Waals surface area (Å²) in [5, 5.41) is 0. The van der Waals surface area contributed by atoms with Crippen LogP contribution >= 0.6 is 0 Å². The molecule has 0 radical (unpaired) electrons. The molecule has 2 fully saturated rings. The minimum Gasteiger partial charge on any atom is -0.381 e. The Hall–Kier alpha value is -2.14. The summed E-state index contributed by atoms with van der Waals surface area (Å²) in [6.07, 6.45) is 5.57. The molecular weight excluding hydrogens is 326 g/mol. The molecule has 1 amide bonds. The summed E-state index contributed by atoms with van der Waals surface area (Å²) >= 11 is 0. The zero-order chi connectivity index (χ0) is 17.9. The number of nitrogens with zero attached hydrogens (tertiary/aromatic N) is 3. The molecule has 5 heteroatoms. The molecule has 0 N–H and O–H groups in total. The lowest BCUT2D eigenvalue weighted by atomic mass is 9.99. The average molecular weight is 353 g/mol. The van der Waals surface area contributed by atoms with E-state index in [-0.39, 0.29) is 5.91 Å². The Morgan fingerprint density at radius 1 is 1.19 bits per heavy atom. The molecule has 0 saturated carbocycles. The third kappa shape index (κ3) is 3.54. The molecule has 26 heavy (non-hydrogen) atoms. The van der Waals surface area contributed by atoms with E-state index in [1.807, 2.05) is 41.4 Å². The number of hydrogen-bond acceptors (Lipinski definition) is 3. The lowest BCUT2D eigenvalue weighted by Crippen LogP contribution is -2.31. The van der Waals surface area contributed by atoms with Gasteiger partial charge in [-0.3, -0.25) is 4.79 Å². The number of rotatable bonds is 4. The highest BCUT2D eigenvalue weighted by molar-refractivity contribution is 5.79. The van der Waals surface area contributed by atoms with Crippen LogP contribution < -0.4 is 0 Å². The van der Waals surface area contributed by atoms with E-state index in [0.717, 1.165) is 51.1 Å². The fourth-order valence-electron chi connectivity index (χ4n) is 4.26. The number of aromatic nitrogens is 2. The van der Waals surface area contributed by atoms with Crippen molar-refractivity contribution in [3.63, 3.8) is 0 Å². The predicted octanol–water partition coefficient (Wildman–Crippen LogP) is 3.10. The highest BCUT2D eigenvalue weighted by Gasteiger charge is 2.31. The maximum atomic E-state index is 12.7. The maximum Gasteiger partial charge on any atom is 0.227 e. The van der Waals surface area contributed by atoms with E-state index in [9.17, 15) is 4.79 Å². The fourth-order valence-corrected chi connectivity index (χ4v) is 4.26. The van der Waals surface area contributed by atoms with Crippen molar-refractivity contribution in [1.82, 2.24) is 14.5 Å². The molecule has 4 rings (SSSR count). The van der Waals surface area contributed by atoms with Gasteiger partial charge in [-0.1, -0.05) is 30.3 Å². The van der Waals surface area contributed by atoms with E-state index in [4.69, 9.17) is 9.72 Å². The summed E-state index contributed by atoms with van der Waals surface area (Å²) in [5.74, 6) is 1.89. The fraction of sp³-hybridized carbons (Fsp3) is 0.524. The molecule has 1 aromatic heterocycles. The van der Waals surface area contributed by atoms with Gasteiger partial charge in [0.1, 0.15) is 5.82 Å². The first kappa shape index (κ1) is 17.3. The number of hydrogen-bond donors (Lipinski definition) is 0. The number of imidazole rings is 1. The summed E-state index contributed by atoms with van der Waals surface area (Å²) in [5.41, 5.74) is 2.29. The lowest BCUT2D eigenvalue weighted by molar-refractivity contribution is -0.129. The standard InChI is InChI=1S/C21H27N3O2/c1-16-14-22-21(18-8-11-26-12-9-18)24(16)19-7-10-23(15-19)20(25)13-17-5-3-2-4-6-17/h2-6,14,18-19H,7-13,15H2,1H3. The number of ether oxygens (including phenoxy) is 1. The van der Waals surface area contributed by atoms with E-state index in [1.165, 1.54) is 11.5 Å². The van der Waals surface area contributed by atoms with Crippen LogP contribution in [0.3, 0.4) is 0 Å². The quantitative estimate of drug-likeness (QED) is 0.849. The molecule has 2 aliphatic rings. The molecule has 0 aliphatic carbocycles. The van der Waals surface area contributed by atoms with Crippen molar-refractivity contribution in [3.8, 4) is 0 Å². The Balaban J connectivity index is 1.45. The molecule has 0 spiro atoms. The first-order valence-electron chi connectivity index (χ1n) is 9.65. The Morgan fingerprint density at radius 3 is 2.73 bits per heavy atom. The van der Waals surface area contributed by atoms with Gasteiger partial charge in [-0.05, 0) is 31.7 Å². The van der Waals surface area contributed by atoms with E-state index in [2.05, 4.69) is 11.5 Å². The number of benzene rings is 1. The van der Waals surface area contributed by atoms with Gasteiger partial charge in [0.05, 0.1) is 12.5 Å². The minimum atomic E-state index is 0.226. The van der Waals surface area contributed by atoms with Crippen molar-refractivity contribution in [2.24, 2.45) is 0 Å². The average Bonchev–Trinajstić information content (AvgIpc) is 3.30. The van der Waals surface area contributed by atoms with Gasteiger partial charge in [0.2, 0.25) is 5.91 Å². The molecule has 3 heterocycles. The predicted molar refractivity (Wildman–Crippen MR) is 100 cm³/mol. The summed E-state index contributed by atoms with van der Waals surface area (Å²) in [6.45, 7) is 5.40. The van der Waals surface area contributed by atoms with Crippen LogP contribution in [0.15, 0.2) is 36.5 Å². The molecule has 2 aliphatic heterocycles. The van der Waals surface area contributed by atoms with Crippen LogP contribution in [0.25, 0.3) is 0 Å². The number of carbonyl (C=O) groups excluding carboxylic acids is 1. The van der Waals surface area contributed by atoms with Crippen LogP contribution in [0.2, 0.25) is 0 Å². The third-order valence-corrected chi connectivity index (χ3v) is 5.68. The Morgan fingerprint density at radius 2 is 1.96 bits per heavy atom. The lowest BCUT2D eigenvalue weighted by Gasteiger charge is -2.26. The highest BCUT2D eigenvalue weighted by Crippen LogP contribution is 2.32. The second-order valence-corrected chi connectivity index (χ2v) is 7.46. The second kappa shape index (κ2) is 7.62. The van der Waals surface area contributed by atoms with Crippen molar-refractivity contribution in [2.45, 2.75) is 44.6 Å². The number of carbonyl (C=O) groups is 1. The van der Waals surface area contributed by atoms with Crippen molar-refractivity contribution >= 4 is 5.91 Å². The van der Waals surface area contributed by atoms with Crippen molar-refractivity contribution < 1.29 is 9.53 Å². The van der Waals surface area contributed by atoms with Crippen LogP contribution in [-0.2, 0) is 16.0 Å². The van der Waals surface area contributed by atoms with E-state index in [1.54, 1.807) is 0 Å². The van der Waals surface area contributed by atoms with E-state index < -0.39 is 0 Å². The largest absolute Gasteiger partial charge is 0.381 e. The summed E-state index contributed by atoms with van der Waals surface area (Å²) in [7, 11) is 0. The Labute approximate surface area is 155 Å². The second-order valence-electron chi connectivity index (χ2n) is 7.46. The minimum absolute atomic E-state index is 0.226. The van der Waals surface area contributed by atoms with Crippen LogP contribution in [0, 0.1) is 6.92 Å². The maximum absolute atomic E-state index is 12.7. The van der Waals surface area contributed by atoms with Gasteiger partial charge >= 0.3 is 0 Å². The zero-order valence-electron chi connectivity index (χ0n) is 15.4. The molecule has 138 valence electrons. The molecular formula is C21H27N3O2. The van der Waals surface area contributed by atoms with Gasteiger partial charge < -0.3 is 14.2 Å². The summed E-state index contributed by atoms with van der Waals surface area (Å²) in [6, 6.07) is 10.4. The third-order valence-electron chi connectivity index (χ3n) is 5.68. The SMILES string of the molecule is Cc1cnc(C2CCOCC2)n1C1CCN(C(=O)Cc2ccccc2)C1. The highest BCUT2D eigenvalue weighted by atomic mass is 16.5. The molecule has 5 nitrogen and oxygen atoms in total. The molecule has 1 atom stereocenters. The van der Waals surface area contributed by atoms with E-state index >= 15 is 0 Å². The van der Waals surface area contributed by atoms with Gasteiger partial charge in [0, 0.05) is 44.1 Å². The first-order valence-corrected chi connectivity index (χ1v) is 9.65. The number of likely N-dealkylation sites (tertiary alicyclic amines) is 1. The zero-order valence-corrected chi connectivity index (χ0v) is 15.4. The van der Waals surface area contributed by atoms with Crippen LogP contribution in [0.5, 0.6) is 0 Å². The normalized spacial score (nSPS) is 21.3. The van der Waals surface area contributed by atoms with Gasteiger partial charge in [-0.25, -0.2) is 4.98 Å². The monoisotopic (exact) mass is 353 g/mol. The van der Waals surface area contributed by atoms with Crippen molar-refractivity contribution in [3.05, 3.63) is 53.6 Å². The molecule has 1 aromatic carbocycles. The van der Waals surface area contributed by atoms with Gasteiger partial charge in [0.15, 0.2) is 0 Å².